The number of fused-ring (bicyclic) bond motifs is 5. The summed E-state index contributed by atoms with van der Waals surface area (Å²) in [7, 11) is 0. The zero-order valence-electron chi connectivity index (χ0n) is 17.8. The van der Waals surface area contributed by atoms with Gasteiger partial charge in [0.1, 0.15) is 18.8 Å². The summed E-state index contributed by atoms with van der Waals surface area (Å²) < 4.78 is 29.9. The van der Waals surface area contributed by atoms with Crippen LogP contribution in [0.25, 0.3) is 0 Å². The smallest absolute Gasteiger partial charge is 0.334 e. The minimum Gasteiger partial charge on any atom is -0.430 e. The maximum Gasteiger partial charge on any atom is 0.334 e. The second-order valence-corrected chi connectivity index (χ2v) is 11.4. The molecule has 11 atom stereocenters. The maximum atomic E-state index is 12.7. The Kier molecular flexibility index (Phi) is 3.21. The molecule has 0 N–H and O–H groups in total. The topological polar surface area (TPSA) is 86.9 Å². The number of hydrogen-bond acceptors (Lipinski definition) is 7. The van der Waals surface area contributed by atoms with Gasteiger partial charge in [0.2, 0.25) is 11.6 Å². The molecule has 0 amide bonds. The second kappa shape index (κ2) is 5.24. The summed E-state index contributed by atoms with van der Waals surface area (Å²) in [5.74, 6) is -0.292. The van der Waals surface area contributed by atoms with E-state index >= 15 is 0 Å². The lowest BCUT2D eigenvalue weighted by Gasteiger charge is -2.62. The van der Waals surface area contributed by atoms with Crippen LogP contribution in [0.2, 0.25) is 0 Å². The van der Waals surface area contributed by atoms with E-state index in [1.165, 1.54) is 6.92 Å². The van der Waals surface area contributed by atoms with Gasteiger partial charge in [-0.2, -0.15) is 0 Å². The van der Waals surface area contributed by atoms with Gasteiger partial charge in [0.15, 0.2) is 0 Å². The summed E-state index contributed by atoms with van der Waals surface area (Å²) >= 11 is 0. The highest BCUT2D eigenvalue weighted by Crippen LogP contribution is 2.75. The predicted molar refractivity (Wildman–Crippen MR) is 101 cm³/mol. The Labute approximate surface area is 176 Å². The number of esters is 2. The van der Waals surface area contributed by atoms with Gasteiger partial charge in [-0.15, -0.1) is 0 Å². The largest absolute Gasteiger partial charge is 0.430 e. The molecule has 7 nitrogen and oxygen atoms in total. The summed E-state index contributed by atoms with van der Waals surface area (Å²) in [5, 5.41) is 0. The molecular formula is C23H30O7. The average molecular weight is 418 g/mol. The Balaban J connectivity index is 1.29. The van der Waals surface area contributed by atoms with E-state index in [-0.39, 0.29) is 53.6 Å². The molecule has 30 heavy (non-hydrogen) atoms. The van der Waals surface area contributed by atoms with Crippen LogP contribution in [0.4, 0.5) is 0 Å². The molecule has 164 valence electrons. The zero-order chi connectivity index (χ0) is 20.7. The first-order valence-electron chi connectivity index (χ1n) is 11.6. The Bertz CT molecular complexity index is 858. The first kappa shape index (κ1) is 18.4. The molecule has 7 heteroatoms. The molecule has 4 aliphatic carbocycles. The first-order valence-corrected chi connectivity index (χ1v) is 11.6. The summed E-state index contributed by atoms with van der Waals surface area (Å²) in [6, 6.07) is 0. The van der Waals surface area contributed by atoms with Crippen molar-refractivity contribution in [1.82, 2.24) is 0 Å². The van der Waals surface area contributed by atoms with Crippen LogP contribution < -0.4 is 0 Å². The van der Waals surface area contributed by atoms with Crippen molar-refractivity contribution in [3.63, 3.8) is 0 Å². The number of carbonyl (C=O) groups excluding carboxylic acids is 2. The Morgan fingerprint density at radius 1 is 1.07 bits per heavy atom. The van der Waals surface area contributed by atoms with E-state index in [2.05, 4.69) is 13.8 Å². The van der Waals surface area contributed by atoms with Crippen molar-refractivity contribution in [2.75, 3.05) is 6.61 Å². The van der Waals surface area contributed by atoms with Crippen molar-refractivity contribution < 1.29 is 33.3 Å². The van der Waals surface area contributed by atoms with Crippen LogP contribution in [0.1, 0.15) is 59.3 Å². The molecule has 4 saturated carbocycles. The van der Waals surface area contributed by atoms with Gasteiger partial charge in [0.05, 0.1) is 6.10 Å². The normalized spacial score (nSPS) is 61.8. The van der Waals surface area contributed by atoms with Crippen molar-refractivity contribution in [2.45, 2.75) is 89.2 Å². The van der Waals surface area contributed by atoms with Crippen LogP contribution >= 0.6 is 0 Å². The number of ether oxygens (including phenoxy) is 5. The lowest BCUT2D eigenvalue weighted by atomic mass is 9.44. The molecule has 7 aliphatic rings. The van der Waals surface area contributed by atoms with Gasteiger partial charge in [-0.3, -0.25) is 4.79 Å². The Hall–Kier alpha value is -1.18. The highest BCUT2D eigenvalue weighted by atomic mass is 16.8. The predicted octanol–water partition coefficient (Wildman–Crippen LogP) is 2.55. The summed E-state index contributed by atoms with van der Waals surface area (Å²) in [6.45, 7) is 6.09. The summed E-state index contributed by atoms with van der Waals surface area (Å²) in [5.41, 5.74) is -0.0462. The van der Waals surface area contributed by atoms with Gasteiger partial charge in [-0.05, 0) is 61.2 Å². The number of epoxide rings is 2. The van der Waals surface area contributed by atoms with Gasteiger partial charge in [0.25, 0.3) is 0 Å². The number of rotatable bonds is 1. The van der Waals surface area contributed by atoms with E-state index in [1.807, 2.05) is 0 Å². The zero-order valence-corrected chi connectivity index (χ0v) is 17.8. The number of carbonyl (C=O) groups is 2. The van der Waals surface area contributed by atoms with Gasteiger partial charge in [-0.1, -0.05) is 13.8 Å². The summed E-state index contributed by atoms with van der Waals surface area (Å²) in [4.78, 5) is 24.4. The lowest BCUT2D eigenvalue weighted by molar-refractivity contribution is -0.235. The van der Waals surface area contributed by atoms with Crippen LogP contribution in [0, 0.1) is 34.5 Å². The molecule has 7 rings (SSSR count). The molecule has 4 unspecified atom stereocenters. The maximum absolute atomic E-state index is 12.7. The van der Waals surface area contributed by atoms with Crippen LogP contribution in [-0.4, -0.2) is 48.4 Å². The minimum absolute atomic E-state index is 0.0140. The fourth-order valence-electron chi connectivity index (χ4n) is 8.96. The van der Waals surface area contributed by atoms with Crippen LogP contribution in [0.3, 0.4) is 0 Å². The molecule has 1 spiro atoms. The fourth-order valence-corrected chi connectivity index (χ4v) is 8.96. The molecule has 3 aliphatic heterocycles. The van der Waals surface area contributed by atoms with Crippen LogP contribution in [0.5, 0.6) is 0 Å². The third-order valence-electron chi connectivity index (χ3n) is 10.3. The molecular weight excluding hydrogens is 388 g/mol. The Morgan fingerprint density at radius 2 is 1.90 bits per heavy atom. The number of hydrogen-bond donors (Lipinski definition) is 0. The van der Waals surface area contributed by atoms with Crippen molar-refractivity contribution in [2.24, 2.45) is 34.5 Å². The summed E-state index contributed by atoms with van der Waals surface area (Å²) in [6.07, 6.45) is 5.62. The van der Waals surface area contributed by atoms with E-state index in [4.69, 9.17) is 23.7 Å². The van der Waals surface area contributed by atoms with Crippen molar-refractivity contribution in [3.05, 3.63) is 0 Å². The van der Waals surface area contributed by atoms with Gasteiger partial charge in [0, 0.05) is 18.8 Å². The SMILES string of the molecule is CC(=O)O[C@]12CC3[C@H]4CC5C6C[C@H]7O[C@@]7(OC(=O)CO4)[C@@]6(C)CC[C@@H]5[C@@]3(C)CC1O2. The molecule has 0 aromatic carbocycles. The van der Waals surface area contributed by atoms with E-state index in [0.717, 1.165) is 32.1 Å². The van der Waals surface area contributed by atoms with Crippen molar-refractivity contribution in [3.8, 4) is 0 Å². The van der Waals surface area contributed by atoms with Gasteiger partial charge >= 0.3 is 11.9 Å². The molecule has 3 heterocycles. The third-order valence-corrected chi connectivity index (χ3v) is 10.3. The second-order valence-electron chi connectivity index (χ2n) is 11.4. The molecule has 5 bridgehead atoms. The quantitative estimate of drug-likeness (QED) is 0.478. The highest BCUT2D eigenvalue weighted by Gasteiger charge is 2.82. The van der Waals surface area contributed by atoms with Crippen LogP contribution in [-0.2, 0) is 33.3 Å². The molecule has 0 aromatic rings. The van der Waals surface area contributed by atoms with E-state index in [9.17, 15) is 9.59 Å². The van der Waals surface area contributed by atoms with Crippen molar-refractivity contribution >= 4 is 11.9 Å². The third kappa shape index (κ3) is 1.99. The minimum atomic E-state index is -0.780. The van der Waals surface area contributed by atoms with Crippen molar-refractivity contribution in [1.29, 1.82) is 0 Å². The highest BCUT2D eigenvalue weighted by molar-refractivity contribution is 5.72. The monoisotopic (exact) mass is 418 g/mol. The van der Waals surface area contributed by atoms with E-state index < -0.39 is 11.6 Å². The fraction of sp³-hybridized carbons (Fsp3) is 0.913. The van der Waals surface area contributed by atoms with Crippen LogP contribution in [0.15, 0.2) is 0 Å². The molecule has 7 fully saturated rings. The average Bonchev–Trinajstić information content (AvgIpc) is 3.52. The first-order chi connectivity index (χ1) is 14.2. The van der Waals surface area contributed by atoms with Gasteiger partial charge in [-0.25, -0.2) is 4.79 Å². The Morgan fingerprint density at radius 3 is 2.70 bits per heavy atom. The standard InChI is InChI=1S/C23H30O7/c1-11(24)27-22-8-15-16-6-12-13(20(15,2)9-18(22)28-22)4-5-21(3)14(12)7-17-23(21,29-17)30-19(25)10-26-16/h12-18H,4-10H2,1-3H3/t12?,13-,14?,15?,16+,17+,18?,20+,21-,22-,23-/m0/s1. The van der Waals surface area contributed by atoms with E-state index in [0.29, 0.717) is 24.2 Å². The lowest BCUT2D eigenvalue weighted by Crippen LogP contribution is -2.61. The molecule has 3 saturated heterocycles. The van der Waals surface area contributed by atoms with E-state index in [1.54, 1.807) is 0 Å². The molecule has 0 radical (unpaired) electrons. The van der Waals surface area contributed by atoms with Gasteiger partial charge < -0.3 is 23.7 Å². The molecule has 0 aromatic heterocycles.